The normalized spacial score (nSPS) is 15.1. The van der Waals surface area contributed by atoms with Gasteiger partial charge in [0.15, 0.2) is 0 Å². The predicted molar refractivity (Wildman–Crippen MR) is 291 cm³/mol. The first-order valence-corrected chi connectivity index (χ1v) is 27.7. The van der Waals surface area contributed by atoms with Crippen molar-refractivity contribution >= 4 is 47.0 Å². The van der Waals surface area contributed by atoms with Crippen molar-refractivity contribution in [2.45, 2.75) is 157 Å². The Balaban J connectivity index is 1.49. The maximum atomic E-state index is 7.16. The van der Waals surface area contributed by atoms with E-state index in [1.54, 1.807) is 47.0 Å². The van der Waals surface area contributed by atoms with E-state index in [1.165, 1.54) is 22.3 Å². The van der Waals surface area contributed by atoms with Crippen molar-refractivity contribution in [2.75, 3.05) is 39.6 Å². The van der Waals surface area contributed by atoms with Gasteiger partial charge in [-0.25, -0.2) is 0 Å². The molecule has 0 saturated carbocycles. The largest absolute Gasteiger partial charge is 0.489 e. The van der Waals surface area contributed by atoms with E-state index in [9.17, 15) is 0 Å². The molecule has 0 amide bonds. The van der Waals surface area contributed by atoms with E-state index in [1.807, 2.05) is 12.1 Å². The van der Waals surface area contributed by atoms with Crippen molar-refractivity contribution in [3.63, 3.8) is 0 Å². The molecule has 6 aromatic carbocycles. The Hall–Kier alpha value is -4.16. The molecular weight excluding hydrogens is 945 g/mol. The van der Waals surface area contributed by atoms with E-state index in [0.717, 1.165) is 73.3 Å². The Morgan fingerprint density at radius 2 is 0.614 bits per heavy atom. The van der Waals surface area contributed by atoms with Gasteiger partial charge in [-0.05, 0) is 104 Å². The summed E-state index contributed by atoms with van der Waals surface area (Å²) < 4.78 is 40.7. The molecule has 6 aromatic rings. The van der Waals surface area contributed by atoms with Gasteiger partial charge in [0, 0.05) is 0 Å². The SMILES string of the molecule is CC(C)(C)c1cc2c3c(c1)Sc1cc(C(C)(C)C)cc(c1OCc1ccccc1)Sc1cc(C(C)(C)C)cc(c1OCCOCCOCCO3)Sc1cc(C(C)(C)C)cc(c1OCc1ccccc1)S2. The molecule has 0 aromatic heterocycles. The fourth-order valence-electron chi connectivity index (χ4n) is 7.87. The smallest absolute Gasteiger partial charge is 0.147 e. The lowest BCUT2D eigenvalue weighted by atomic mass is 9.87. The molecule has 8 rings (SSSR count). The predicted octanol–water partition coefficient (Wildman–Crippen LogP) is 16.8. The number of hydrogen-bond acceptors (Lipinski definition) is 10. The second kappa shape index (κ2) is 21.9. The summed E-state index contributed by atoms with van der Waals surface area (Å²) in [6.07, 6.45) is 0. The molecule has 0 unspecified atom stereocenters. The summed E-state index contributed by atoms with van der Waals surface area (Å²) in [6.45, 7) is 30.6. The van der Waals surface area contributed by atoms with E-state index in [4.69, 9.17) is 28.4 Å². The van der Waals surface area contributed by atoms with E-state index in [-0.39, 0.29) is 21.7 Å². The number of ether oxygens (including phenoxy) is 6. The van der Waals surface area contributed by atoms with Crippen molar-refractivity contribution in [2.24, 2.45) is 0 Å². The Kier molecular flexibility index (Phi) is 16.3. The molecule has 10 heteroatoms. The molecule has 0 fully saturated rings. The highest BCUT2D eigenvalue weighted by molar-refractivity contribution is 8.01. The monoisotopic (exact) mass is 1010 g/mol. The molecular formula is C60H70O6S4. The molecule has 0 N–H and O–H groups in total. The molecule has 2 aliphatic heterocycles. The van der Waals surface area contributed by atoms with Gasteiger partial charge in [0.25, 0.3) is 0 Å². The van der Waals surface area contributed by atoms with Gasteiger partial charge in [-0.2, -0.15) is 0 Å². The molecule has 0 atom stereocenters. The maximum absolute atomic E-state index is 7.16. The third kappa shape index (κ3) is 13.1. The van der Waals surface area contributed by atoms with Crippen LogP contribution in [0.4, 0.5) is 0 Å². The summed E-state index contributed by atoms with van der Waals surface area (Å²) in [5, 5.41) is 0. The van der Waals surface area contributed by atoms with Crippen molar-refractivity contribution < 1.29 is 28.4 Å². The number of rotatable bonds is 6. The van der Waals surface area contributed by atoms with E-state index >= 15 is 0 Å². The van der Waals surface area contributed by atoms with E-state index < -0.39 is 0 Å². The van der Waals surface area contributed by atoms with Crippen LogP contribution in [0.2, 0.25) is 0 Å². The van der Waals surface area contributed by atoms with Gasteiger partial charge < -0.3 is 28.4 Å². The zero-order valence-electron chi connectivity index (χ0n) is 43.1. The quantitative estimate of drug-likeness (QED) is 0.161. The fourth-order valence-corrected chi connectivity index (χ4v) is 12.7. The molecule has 6 nitrogen and oxygen atoms in total. The van der Waals surface area contributed by atoms with Crippen molar-refractivity contribution in [3.05, 3.63) is 143 Å². The second-order valence-electron chi connectivity index (χ2n) is 22.1. The van der Waals surface area contributed by atoms with Crippen LogP contribution in [0, 0.1) is 0 Å². The first-order valence-electron chi connectivity index (χ1n) is 24.4. The minimum atomic E-state index is -0.189. The summed E-state index contributed by atoms with van der Waals surface area (Å²) in [6, 6.07) is 39.5. The minimum Gasteiger partial charge on any atom is -0.489 e. The van der Waals surface area contributed by atoms with Crippen LogP contribution in [0.1, 0.15) is 116 Å². The average molecular weight is 1020 g/mol. The highest BCUT2D eigenvalue weighted by atomic mass is 32.2. The lowest BCUT2D eigenvalue weighted by Crippen LogP contribution is -2.15. The Bertz CT molecular complexity index is 2480. The van der Waals surface area contributed by atoms with Gasteiger partial charge in [-0.1, -0.05) is 191 Å². The van der Waals surface area contributed by atoms with Crippen molar-refractivity contribution in [1.29, 1.82) is 0 Å². The van der Waals surface area contributed by atoms with Crippen LogP contribution in [-0.2, 0) is 44.3 Å². The zero-order chi connectivity index (χ0) is 49.8. The summed E-state index contributed by atoms with van der Waals surface area (Å²) in [5.74, 6) is 3.25. The molecule has 0 aliphatic carbocycles. The van der Waals surface area contributed by atoms with Gasteiger partial charge in [-0.3, -0.25) is 0 Å². The van der Waals surface area contributed by atoms with Gasteiger partial charge in [-0.15, -0.1) is 0 Å². The molecule has 2 heterocycles. The van der Waals surface area contributed by atoms with Crippen LogP contribution >= 0.6 is 47.0 Å². The average Bonchev–Trinajstić information content (AvgIpc) is 3.29. The Morgan fingerprint density at radius 3 is 0.886 bits per heavy atom. The van der Waals surface area contributed by atoms with Gasteiger partial charge in [0.1, 0.15) is 49.4 Å². The molecule has 70 heavy (non-hydrogen) atoms. The molecule has 10 bridgehead atoms. The van der Waals surface area contributed by atoms with Gasteiger partial charge >= 0.3 is 0 Å². The topological polar surface area (TPSA) is 55.4 Å². The van der Waals surface area contributed by atoms with Crippen LogP contribution < -0.4 is 18.9 Å². The van der Waals surface area contributed by atoms with E-state index in [2.05, 4.69) is 180 Å². The maximum Gasteiger partial charge on any atom is 0.147 e. The second-order valence-corrected chi connectivity index (χ2v) is 26.4. The Morgan fingerprint density at radius 1 is 0.357 bits per heavy atom. The lowest BCUT2D eigenvalue weighted by Gasteiger charge is -2.28. The lowest BCUT2D eigenvalue weighted by molar-refractivity contribution is 0.0263. The summed E-state index contributed by atoms with van der Waals surface area (Å²) >= 11 is 6.86. The number of hydrogen-bond donors (Lipinski definition) is 0. The van der Waals surface area contributed by atoms with E-state index in [0.29, 0.717) is 52.9 Å². The zero-order valence-corrected chi connectivity index (χ0v) is 46.4. The highest BCUT2D eigenvalue weighted by Gasteiger charge is 2.31. The van der Waals surface area contributed by atoms with Crippen LogP contribution in [0.15, 0.2) is 148 Å². The van der Waals surface area contributed by atoms with Crippen LogP contribution in [0.5, 0.6) is 23.0 Å². The fraction of sp³-hybridized carbons (Fsp3) is 0.400. The summed E-state index contributed by atoms with van der Waals surface area (Å²) in [4.78, 5) is 8.07. The van der Waals surface area contributed by atoms with Crippen LogP contribution in [-0.4, -0.2) is 39.6 Å². The minimum absolute atomic E-state index is 0.182. The molecule has 2 aliphatic rings. The molecule has 370 valence electrons. The van der Waals surface area contributed by atoms with Crippen LogP contribution in [0.25, 0.3) is 0 Å². The van der Waals surface area contributed by atoms with Gasteiger partial charge in [0.2, 0.25) is 0 Å². The molecule has 0 saturated heterocycles. The summed E-state index contributed by atoms with van der Waals surface area (Å²) in [5.41, 5.74) is 6.26. The first kappa shape index (κ1) is 52.2. The standard InChI is InChI=1S/C60H70O6S4/c1-57(2,3)41-29-45-53-46(30-41)68-50-34-44(60(10,11)12)36-52(56(50)66-38-40-21-17-14-18-22-40)70-48-32-42(58(4,5)6)31-47(54(48)64-28-26-62-24-23-61-25-27-63-53)69-51-35-43(59(7,8)9)33-49(67-45)55(51)65-37-39-19-15-13-16-20-39/h13-22,29-36H,23-28,37-38H2,1-12H3. The number of benzene rings is 6. The third-order valence-electron chi connectivity index (χ3n) is 12.2. The molecule has 0 radical (unpaired) electrons. The van der Waals surface area contributed by atoms with Crippen molar-refractivity contribution in [1.82, 2.24) is 0 Å². The Labute approximate surface area is 435 Å². The number of fused-ring (bicyclic) bond motifs is 2. The molecule has 0 spiro atoms. The summed E-state index contributed by atoms with van der Waals surface area (Å²) in [7, 11) is 0. The third-order valence-corrected chi connectivity index (χ3v) is 16.4. The van der Waals surface area contributed by atoms with Gasteiger partial charge in [0.05, 0.1) is 65.6 Å². The first-order chi connectivity index (χ1) is 33.2. The highest BCUT2D eigenvalue weighted by Crippen LogP contribution is 2.56. The van der Waals surface area contributed by atoms with Crippen LogP contribution in [0.3, 0.4) is 0 Å². The van der Waals surface area contributed by atoms with Crippen molar-refractivity contribution in [3.8, 4) is 23.0 Å².